The van der Waals surface area contributed by atoms with Gasteiger partial charge in [0.25, 0.3) is 11.8 Å². The number of nitrogens with zero attached hydrogens (tertiary/aromatic N) is 2. The van der Waals surface area contributed by atoms with Crippen molar-refractivity contribution in [3.05, 3.63) is 106 Å². The van der Waals surface area contributed by atoms with Gasteiger partial charge in [-0.3, -0.25) is 19.4 Å². The molecule has 278 valence electrons. The largest absolute Gasteiger partial charge is 0.493 e. The topological polar surface area (TPSA) is 161 Å². The highest BCUT2D eigenvalue weighted by Gasteiger charge is 2.30. The zero-order valence-electron chi connectivity index (χ0n) is 29.4. The van der Waals surface area contributed by atoms with Gasteiger partial charge >= 0.3 is 24.1 Å². The number of alkyl halides is 3. The fraction of sp³-hybridized carbons (Fsp3) is 0.263. The molecule has 0 spiro atoms. The molecule has 1 aromatic heterocycles. The number of carbonyl (C=O) groups is 5. The molecule has 15 heteroatoms. The van der Waals surface area contributed by atoms with Crippen LogP contribution < -0.4 is 14.8 Å². The minimum Gasteiger partial charge on any atom is -0.493 e. The fourth-order valence-electron chi connectivity index (χ4n) is 5.19. The van der Waals surface area contributed by atoms with Crippen molar-refractivity contribution in [1.29, 1.82) is 0 Å². The first-order valence-electron chi connectivity index (χ1n) is 16.2. The van der Waals surface area contributed by atoms with Gasteiger partial charge in [0.05, 0.1) is 47.4 Å². The number of ether oxygens (including phenoxy) is 3. The number of esters is 2. The Morgan fingerprint density at radius 2 is 1.60 bits per heavy atom. The Kier molecular flexibility index (Phi) is 12.6. The Hall–Kier alpha value is -6.25. The van der Waals surface area contributed by atoms with E-state index in [1.165, 1.54) is 56.4 Å². The molecular formula is C38H36F3N3O9. The zero-order valence-corrected chi connectivity index (χ0v) is 29.4. The molecule has 4 aromatic rings. The lowest BCUT2D eigenvalue weighted by Gasteiger charge is -2.17. The molecule has 0 unspecified atom stereocenters. The van der Waals surface area contributed by atoms with E-state index < -0.39 is 47.0 Å². The van der Waals surface area contributed by atoms with Crippen molar-refractivity contribution in [2.24, 2.45) is 0 Å². The third-order valence-corrected chi connectivity index (χ3v) is 7.81. The number of hydrogen-bond acceptors (Lipinski definition) is 9. The van der Waals surface area contributed by atoms with Crippen LogP contribution in [0.1, 0.15) is 78.0 Å². The number of nitrogens with one attached hydrogen (secondary N) is 1. The molecule has 0 aliphatic carbocycles. The van der Waals surface area contributed by atoms with E-state index in [1.54, 1.807) is 32.0 Å². The van der Waals surface area contributed by atoms with Crippen LogP contribution >= 0.6 is 0 Å². The van der Waals surface area contributed by atoms with Gasteiger partial charge in [-0.15, -0.1) is 0 Å². The SMILES string of the molecule is CCOC(=O)c1cc(OC)c(OC(=O)CCCc2ccc(NC(=O)c3ccc(C)nc3-c3ccc(C(F)(F)F)cc3)c(C(=O)N(C)C)c2)c(C(=O)O)c1. The number of benzene rings is 3. The van der Waals surface area contributed by atoms with E-state index in [4.69, 9.17) is 14.2 Å². The number of aromatic nitrogens is 1. The van der Waals surface area contributed by atoms with Crippen molar-refractivity contribution in [3.63, 3.8) is 0 Å². The van der Waals surface area contributed by atoms with Crippen LogP contribution in [0.3, 0.4) is 0 Å². The van der Waals surface area contributed by atoms with Crippen molar-refractivity contribution in [2.45, 2.75) is 39.3 Å². The van der Waals surface area contributed by atoms with Gasteiger partial charge in [0.2, 0.25) is 0 Å². The number of pyridine rings is 1. The number of carboxylic acids is 1. The van der Waals surface area contributed by atoms with Crippen molar-refractivity contribution < 1.29 is 56.5 Å². The molecule has 0 bridgehead atoms. The molecule has 0 aliphatic heterocycles. The number of carbonyl (C=O) groups excluding carboxylic acids is 4. The first kappa shape index (κ1) is 39.5. The number of amides is 2. The lowest BCUT2D eigenvalue weighted by Crippen LogP contribution is -2.24. The molecule has 3 aromatic carbocycles. The smallest absolute Gasteiger partial charge is 0.416 e. The molecule has 0 saturated heterocycles. The number of hydrogen-bond donors (Lipinski definition) is 2. The Morgan fingerprint density at radius 1 is 0.906 bits per heavy atom. The Bertz CT molecular complexity index is 2050. The van der Waals surface area contributed by atoms with Gasteiger partial charge in [0.1, 0.15) is 5.56 Å². The van der Waals surface area contributed by atoms with Crippen LogP contribution in [0.2, 0.25) is 0 Å². The Morgan fingerprint density at radius 3 is 2.21 bits per heavy atom. The van der Waals surface area contributed by atoms with Gasteiger partial charge in [-0.2, -0.15) is 13.2 Å². The van der Waals surface area contributed by atoms with E-state index >= 15 is 0 Å². The maximum Gasteiger partial charge on any atom is 0.416 e. The van der Waals surface area contributed by atoms with E-state index in [0.717, 1.165) is 18.2 Å². The minimum absolute atomic E-state index is 0.0586. The quantitative estimate of drug-likeness (QED) is 0.110. The third kappa shape index (κ3) is 9.75. The highest BCUT2D eigenvalue weighted by atomic mass is 19.4. The van der Waals surface area contributed by atoms with Crippen molar-refractivity contribution in [3.8, 4) is 22.8 Å². The maximum absolute atomic E-state index is 13.6. The van der Waals surface area contributed by atoms with Crippen LogP contribution in [0, 0.1) is 6.92 Å². The van der Waals surface area contributed by atoms with E-state index in [0.29, 0.717) is 11.3 Å². The molecule has 2 N–H and O–H groups in total. The lowest BCUT2D eigenvalue weighted by atomic mass is 10.0. The number of halogens is 3. The highest BCUT2D eigenvalue weighted by Crippen LogP contribution is 2.35. The first-order valence-corrected chi connectivity index (χ1v) is 16.2. The number of rotatable bonds is 13. The van der Waals surface area contributed by atoms with E-state index in [1.807, 2.05) is 0 Å². The number of methoxy groups -OCH3 is 1. The summed E-state index contributed by atoms with van der Waals surface area (Å²) in [5.41, 5.74) is 0.551. The first-order chi connectivity index (χ1) is 25.0. The minimum atomic E-state index is -4.54. The summed E-state index contributed by atoms with van der Waals surface area (Å²) in [7, 11) is 4.28. The average molecular weight is 736 g/mol. The summed E-state index contributed by atoms with van der Waals surface area (Å²) in [6, 6.07) is 14.3. The molecular weight excluding hydrogens is 699 g/mol. The standard InChI is InChI=1S/C38H36F3N3O9/c1-6-52-37(50)24-19-28(36(48)49)33(30(20-24)51-5)53-31(45)9-7-8-22-11-17-29(27(18-22)35(47)44(3)4)43-34(46)26-16-10-21(2)42-32(26)23-12-14-25(15-13-23)38(39,40)41/h10-20H,6-9H2,1-5H3,(H,43,46)(H,48,49). The van der Waals surface area contributed by atoms with Crippen molar-refractivity contribution in [1.82, 2.24) is 9.88 Å². The summed E-state index contributed by atoms with van der Waals surface area (Å²) in [6.07, 6.45) is -4.20. The van der Waals surface area contributed by atoms with Crippen molar-refractivity contribution >= 4 is 35.4 Å². The summed E-state index contributed by atoms with van der Waals surface area (Å²) < 4.78 is 55.0. The van der Waals surface area contributed by atoms with E-state index in [2.05, 4.69) is 10.3 Å². The van der Waals surface area contributed by atoms with Crippen LogP contribution in [0.5, 0.6) is 11.5 Å². The second kappa shape index (κ2) is 16.8. The zero-order chi connectivity index (χ0) is 39.0. The van der Waals surface area contributed by atoms with Crippen molar-refractivity contribution in [2.75, 3.05) is 33.1 Å². The van der Waals surface area contributed by atoms with Gasteiger partial charge in [-0.25, -0.2) is 9.59 Å². The van der Waals surface area contributed by atoms with Crippen LogP contribution in [0.25, 0.3) is 11.3 Å². The van der Waals surface area contributed by atoms with E-state index in [-0.39, 0.29) is 71.0 Å². The summed E-state index contributed by atoms with van der Waals surface area (Å²) >= 11 is 0. The van der Waals surface area contributed by atoms with Crippen LogP contribution in [-0.2, 0) is 22.1 Å². The molecule has 0 saturated carbocycles. The van der Waals surface area contributed by atoms with E-state index in [9.17, 15) is 42.3 Å². The second-order valence-electron chi connectivity index (χ2n) is 11.9. The predicted octanol–water partition coefficient (Wildman–Crippen LogP) is 6.84. The predicted molar refractivity (Wildman–Crippen MR) is 186 cm³/mol. The Labute approximate surface area is 302 Å². The van der Waals surface area contributed by atoms with Crippen LogP contribution in [-0.4, -0.2) is 72.5 Å². The second-order valence-corrected chi connectivity index (χ2v) is 11.9. The molecule has 0 atom stereocenters. The molecule has 12 nitrogen and oxygen atoms in total. The third-order valence-electron chi connectivity index (χ3n) is 7.81. The average Bonchev–Trinajstić information content (AvgIpc) is 3.11. The van der Waals surface area contributed by atoms with Gasteiger partial charge in [-0.05, 0) is 80.8 Å². The monoisotopic (exact) mass is 735 g/mol. The number of carboxylic acid groups (broad SMARTS) is 1. The lowest BCUT2D eigenvalue weighted by molar-refractivity contribution is -0.137. The summed E-state index contributed by atoms with van der Waals surface area (Å²) in [5, 5.41) is 12.5. The molecule has 0 fully saturated rings. The van der Waals surface area contributed by atoms with Gasteiger partial charge in [0, 0.05) is 31.8 Å². The number of anilines is 1. The molecule has 2 amide bonds. The number of aromatic carboxylic acids is 1. The highest BCUT2D eigenvalue weighted by molar-refractivity contribution is 6.11. The normalized spacial score (nSPS) is 11.0. The van der Waals surface area contributed by atoms with Gasteiger partial charge in [0.15, 0.2) is 11.5 Å². The van der Waals surface area contributed by atoms with Gasteiger partial charge < -0.3 is 29.5 Å². The van der Waals surface area contributed by atoms with Gasteiger partial charge in [-0.1, -0.05) is 18.2 Å². The van der Waals surface area contributed by atoms with Crippen LogP contribution in [0.15, 0.2) is 66.7 Å². The molecule has 0 radical (unpaired) electrons. The van der Waals surface area contributed by atoms with Crippen LogP contribution in [0.4, 0.5) is 18.9 Å². The summed E-state index contributed by atoms with van der Waals surface area (Å²) in [5.74, 6) is -4.64. The molecule has 0 aliphatic rings. The number of aryl methyl sites for hydroxylation is 2. The Balaban J connectivity index is 1.52. The molecule has 53 heavy (non-hydrogen) atoms. The molecule has 4 rings (SSSR count). The summed E-state index contributed by atoms with van der Waals surface area (Å²) in [6.45, 7) is 3.33. The fourth-order valence-corrected chi connectivity index (χ4v) is 5.19. The maximum atomic E-state index is 13.6. The molecule has 1 heterocycles. The summed E-state index contributed by atoms with van der Waals surface area (Å²) in [4.78, 5) is 69.5.